The molecule has 24 heavy (non-hydrogen) atoms. The van der Waals surface area contributed by atoms with E-state index < -0.39 is 0 Å². The van der Waals surface area contributed by atoms with Crippen molar-refractivity contribution < 1.29 is 14.6 Å². The van der Waals surface area contributed by atoms with Crippen molar-refractivity contribution in [1.82, 2.24) is 9.80 Å². The molecular formula is C19H28N2O3. The van der Waals surface area contributed by atoms with Crippen LogP contribution in [0.25, 0.3) is 0 Å². The number of ether oxygens (including phenoxy) is 1. The Morgan fingerprint density at radius 2 is 2.00 bits per heavy atom. The zero-order valence-corrected chi connectivity index (χ0v) is 14.3. The molecule has 0 bridgehead atoms. The maximum absolute atomic E-state index is 12.5. The van der Waals surface area contributed by atoms with Crippen LogP contribution in [0.2, 0.25) is 0 Å². The highest BCUT2D eigenvalue weighted by Crippen LogP contribution is 2.28. The lowest BCUT2D eigenvalue weighted by Crippen LogP contribution is -2.50. The highest BCUT2D eigenvalue weighted by Gasteiger charge is 2.34. The summed E-state index contributed by atoms with van der Waals surface area (Å²) in [6.07, 6.45) is 5.44. The minimum absolute atomic E-state index is 0.182. The maximum Gasteiger partial charge on any atom is 0.410 e. The molecule has 1 aliphatic heterocycles. The highest BCUT2D eigenvalue weighted by atomic mass is 16.6. The molecule has 2 fully saturated rings. The largest absolute Gasteiger partial charge is 0.445 e. The molecule has 1 heterocycles. The van der Waals surface area contributed by atoms with Crippen molar-refractivity contribution in [1.29, 1.82) is 0 Å². The van der Waals surface area contributed by atoms with Crippen molar-refractivity contribution in [3.63, 3.8) is 0 Å². The Morgan fingerprint density at radius 3 is 2.71 bits per heavy atom. The fraction of sp³-hybridized carbons (Fsp3) is 0.632. The van der Waals surface area contributed by atoms with Gasteiger partial charge in [-0.25, -0.2) is 4.79 Å². The first-order chi connectivity index (χ1) is 11.8. The van der Waals surface area contributed by atoms with Gasteiger partial charge in [-0.2, -0.15) is 0 Å². The lowest BCUT2D eigenvalue weighted by molar-refractivity contribution is 0.0527. The molecule has 2 aliphatic rings. The average molecular weight is 332 g/mol. The zero-order valence-electron chi connectivity index (χ0n) is 14.3. The third-order valence-corrected chi connectivity index (χ3v) is 4.96. The molecular weight excluding hydrogens is 304 g/mol. The summed E-state index contributed by atoms with van der Waals surface area (Å²) in [6.45, 7) is 2.84. The number of amides is 1. The van der Waals surface area contributed by atoms with E-state index in [2.05, 4.69) is 4.90 Å². The van der Waals surface area contributed by atoms with Crippen LogP contribution in [0, 0.1) is 0 Å². The fourth-order valence-corrected chi connectivity index (χ4v) is 3.49. The number of hydrogen-bond acceptors (Lipinski definition) is 4. The van der Waals surface area contributed by atoms with E-state index in [9.17, 15) is 9.90 Å². The molecule has 1 amide bonds. The molecule has 1 aromatic carbocycles. The van der Waals surface area contributed by atoms with Crippen LogP contribution in [0.5, 0.6) is 0 Å². The summed E-state index contributed by atoms with van der Waals surface area (Å²) >= 11 is 0. The first-order valence-corrected chi connectivity index (χ1v) is 9.10. The van der Waals surface area contributed by atoms with Gasteiger partial charge in [-0.05, 0) is 37.7 Å². The minimum atomic E-state index is -0.205. The van der Waals surface area contributed by atoms with Gasteiger partial charge in [-0.15, -0.1) is 0 Å². The molecule has 0 spiro atoms. The van der Waals surface area contributed by atoms with E-state index in [0.29, 0.717) is 19.2 Å². The van der Waals surface area contributed by atoms with Crippen LogP contribution in [0.4, 0.5) is 4.79 Å². The van der Waals surface area contributed by atoms with Gasteiger partial charge >= 0.3 is 6.09 Å². The first kappa shape index (κ1) is 17.2. The van der Waals surface area contributed by atoms with E-state index in [-0.39, 0.29) is 18.7 Å². The summed E-state index contributed by atoms with van der Waals surface area (Å²) in [5.74, 6) is 0. The number of hydrogen-bond donors (Lipinski definition) is 1. The SMILES string of the molecule is O=C(OCc1ccccc1)N1CCCCC1CN(CCO)C1CC1. The Balaban J connectivity index is 1.55. The van der Waals surface area contributed by atoms with E-state index in [0.717, 1.165) is 37.9 Å². The lowest BCUT2D eigenvalue weighted by atomic mass is 10.0. The molecule has 5 nitrogen and oxygen atoms in total. The molecule has 0 aromatic heterocycles. The van der Waals surface area contributed by atoms with Crippen molar-refractivity contribution in [2.24, 2.45) is 0 Å². The van der Waals surface area contributed by atoms with E-state index in [1.165, 1.54) is 12.8 Å². The van der Waals surface area contributed by atoms with Crippen LogP contribution in [-0.4, -0.2) is 59.3 Å². The number of rotatable bonds is 7. The van der Waals surface area contributed by atoms with Crippen LogP contribution < -0.4 is 0 Å². The van der Waals surface area contributed by atoms with Gasteiger partial charge < -0.3 is 14.7 Å². The second-order valence-corrected chi connectivity index (χ2v) is 6.83. The van der Waals surface area contributed by atoms with Crippen molar-refractivity contribution in [2.45, 2.75) is 50.8 Å². The Morgan fingerprint density at radius 1 is 1.21 bits per heavy atom. The van der Waals surface area contributed by atoms with Crippen LogP contribution in [0.3, 0.4) is 0 Å². The average Bonchev–Trinajstić information content (AvgIpc) is 3.46. The molecule has 1 atom stereocenters. The monoisotopic (exact) mass is 332 g/mol. The molecule has 5 heteroatoms. The fourth-order valence-electron chi connectivity index (χ4n) is 3.49. The van der Waals surface area contributed by atoms with Crippen LogP contribution in [0.1, 0.15) is 37.7 Å². The molecule has 3 rings (SSSR count). The summed E-state index contributed by atoms with van der Waals surface area (Å²) in [5, 5.41) is 9.28. The molecule has 1 N–H and O–H groups in total. The standard InChI is InChI=1S/C19H28N2O3/c22-13-12-20(17-9-10-17)14-18-8-4-5-11-21(18)19(23)24-15-16-6-2-1-3-7-16/h1-3,6-7,17-18,22H,4-5,8-15H2. The summed E-state index contributed by atoms with van der Waals surface area (Å²) in [7, 11) is 0. The first-order valence-electron chi connectivity index (χ1n) is 9.10. The third kappa shape index (κ3) is 4.71. The number of aliphatic hydroxyl groups is 1. The van der Waals surface area contributed by atoms with E-state index in [1.807, 2.05) is 35.2 Å². The van der Waals surface area contributed by atoms with Crippen LogP contribution in [0.15, 0.2) is 30.3 Å². The summed E-state index contributed by atoms with van der Waals surface area (Å²) in [5.41, 5.74) is 1.01. The Hall–Kier alpha value is -1.59. The van der Waals surface area contributed by atoms with Gasteiger partial charge in [0.2, 0.25) is 0 Å². The van der Waals surface area contributed by atoms with Gasteiger partial charge in [0.25, 0.3) is 0 Å². The number of piperidine rings is 1. The Bertz CT molecular complexity index is 519. The van der Waals surface area contributed by atoms with Gasteiger partial charge in [-0.3, -0.25) is 4.90 Å². The predicted octanol–water partition coefficient (Wildman–Crippen LogP) is 2.63. The second-order valence-electron chi connectivity index (χ2n) is 6.83. The van der Waals surface area contributed by atoms with E-state index in [1.54, 1.807) is 0 Å². The van der Waals surface area contributed by atoms with Gasteiger partial charge in [0.1, 0.15) is 6.61 Å². The topological polar surface area (TPSA) is 53.0 Å². The van der Waals surface area contributed by atoms with Crippen molar-refractivity contribution in [2.75, 3.05) is 26.2 Å². The second kappa shape index (κ2) is 8.49. The molecule has 1 saturated carbocycles. The Labute approximate surface area is 144 Å². The van der Waals surface area contributed by atoms with E-state index >= 15 is 0 Å². The summed E-state index contributed by atoms with van der Waals surface area (Å²) < 4.78 is 5.53. The number of benzene rings is 1. The molecule has 1 unspecified atom stereocenters. The van der Waals surface area contributed by atoms with Crippen molar-refractivity contribution >= 4 is 6.09 Å². The summed E-state index contributed by atoms with van der Waals surface area (Å²) in [6, 6.07) is 10.6. The Kier molecular flexibility index (Phi) is 6.10. The lowest BCUT2D eigenvalue weighted by Gasteiger charge is -2.38. The molecule has 1 aromatic rings. The molecule has 1 saturated heterocycles. The number of likely N-dealkylation sites (tertiary alicyclic amines) is 1. The number of carbonyl (C=O) groups is 1. The third-order valence-electron chi connectivity index (χ3n) is 4.96. The number of aliphatic hydroxyl groups excluding tert-OH is 1. The quantitative estimate of drug-likeness (QED) is 0.834. The smallest absolute Gasteiger partial charge is 0.410 e. The van der Waals surface area contributed by atoms with Crippen LogP contribution in [-0.2, 0) is 11.3 Å². The maximum atomic E-state index is 12.5. The molecule has 132 valence electrons. The zero-order chi connectivity index (χ0) is 16.8. The van der Waals surface area contributed by atoms with Crippen molar-refractivity contribution in [3.8, 4) is 0 Å². The van der Waals surface area contributed by atoms with Gasteiger partial charge in [0, 0.05) is 31.7 Å². The van der Waals surface area contributed by atoms with Gasteiger partial charge in [-0.1, -0.05) is 30.3 Å². The van der Waals surface area contributed by atoms with E-state index in [4.69, 9.17) is 4.74 Å². The number of nitrogens with zero attached hydrogens (tertiary/aromatic N) is 2. The summed E-state index contributed by atoms with van der Waals surface area (Å²) in [4.78, 5) is 16.8. The van der Waals surface area contributed by atoms with Gasteiger partial charge in [0.15, 0.2) is 0 Å². The highest BCUT2D eigenvalue weighted by molar-refractivity contribution is 5.68. The predicted molar refractivity (Wildman–Crippen MR) is 92.7 cm³/mol. The van der Waals surface area contributed by atoms with Crippen LogP contribution >= 0.6 is 0 Å². The molecule has 0 radical (unpaired) electrons. The van der Waals surface area contributed by atoms with Gasteiger partial charge in [0.05, 0.1) is 6.61 Å². The normalized spacial score (nSPS) is 21.1. The van der Waals surface area contributed by atoms with Crippen molar-refractivity contribution in [3.05, 3.63) is 35.9 Å². The minimum Gasteiger partial charge on any atom is -0.445 e. The number of carbonyl (C=O) groups excluding carboxylic acids is 1. The molecule has 1 aliphatic carbocycles.